The van der Waals surface area contributed by atoms with Crippen molar-refractivity contribution < 1.29 is 17.9 Å². The highest BCUT2D eigenvalue weighted by molar-refractivity contribution is 5.32. The molecule has 84 valence electrons. The molecule has 0 aliphatic rings. The molecule has 0 aliphatic heterocycles. The Kier molecular flexibility index (Phi) is 4.36. The molecule has 0 fully saturated rings. The van der Waals surface area contributed by atoms with Crippen LogP contribution in [-0.2, 0) is 4.74 Å². The number of nitrogens with one attached hydrogen (secondary N) is 1. The van der Waals surface area contributed by atoms with Crippen LogP contribution in [0.3, 0.4) is 0 Å². The molecule has 0 spiro atoms. The van der Waals surface area contributed by atoms with Gasteiger partial charge in [-0.1, -0.05) is 6.07 Å². The van der Waals surface area contributed by atoms with Crippen molar-refractivity contribution >= 4 is 5.82 Å². The molecule has 0 unspecified atom stereocenters. The maximum atomic E-state index is 11.6. The van der Waals surface area contributed by atoms with Crippen LogP contribution in [0.15, 0.2) is 24.4 Å². The molecule has 0 bridgehead atoms. The maximum absolute atomic E-state index is 11.6. The fraction of sp³-hybridized carbons (Fsp3) is 0.444. The molecule has 1 aromatic rings. The maximum Gasteiger partial charge on any atom is 0.411 e. The number of anilines is 1. The summed E-state index contributed by atoms with van der Waals surface area (Å²) in [4.78, 5) is 3.94. The van der Waals surface area contributed by atoms with E-state index < -0.39 is 12.8 Å². The van der Waals surface area contributed by atoms with Gasteiger partial charge in [0.05, 0.1) is 6.61 Å². The van der Waals surface area contributed by atoms with Crippen LogP contribution in [0.5, 0.6) is 0 Å². The first-order valence-corrected chi connectivity index (χ1v) is 4.37. The fourth-order valence-electron chi connectivity index (χ4n) is 0.906. The van der Waals surface area contributed by atoms with Crippen LogP contribution in [-0.4, -0.2) is 30.9 Å². The third kappa shape index (κ3) is 5.90. The third-order valence-corrected chi connectivity index (χ3v) is 1.48. The van der Waals surface area contributed by atoms with Gasteiger partial charge in [0.2, 0.25) is 0 Å². The van der Waals surface area contributed by atoms with Crippen LogP contribution >= 0.6 is 0 Å². The monoisotopic (exact) mass is 220 g/mol. The Morgan fingerprint density at radius 3 is 2.73 bits per heavy atom. The topological polar surface area (TPSA) is 34.1 Å². The molecule has 0 saturated heterocycles. The van der Waals surface area contributed by atoms with Gasteiger partial charge >= 0.3 is 6.18 Å². The first-order valence-electron chi connectivity index (χ1n) is 4.37. The molecular formula is C9H11F3N2O. The second-order valence-electron chi connectivity index (χ2n) is 2.81. The van der Waals surface area contributed by atoms with Gasteiger partial charge in [0.25, 0.3) is 0 Å². The summed E-state index contributed by atoms with van der Waals surface area (Å²) in [5.74, 6) is 0.619. The SMILES string of the molecule is FC(F)(F)COCCNc1ccccn1. The summed E-state index contributed by atoms with van der Waals surface area (Å²) in [6.07, 6.45) is -2.66. The Morgan fingerprint density at radius 2 is 2.13 bits per heavy atom. The number of rotatable bonds is 5. The van der Waals surface area contributed by atoms with E-state index in [0.29, 0.717) is 12.4 Å². The molecule has 0 amide bonds. The van der Waals surface area contributed by atoms with Crippen molar-refractivity contribution in [2.45, 2.75) is 6.18 Å². The number of aromatic nitrogens is 1. The number of nitrogens with zero attached hydrogens (tertiary/aromatic N) is 1. The summed E-state index contributed by atoms with van der Waals surface area (Å²) in [6.45, 7) is -0.917. The molecule has 1 N–H and O–H groups in total. The molecule has 1 rings (SSSR count). The van der Waals surface area contributed by atoms with E-state index in [0.717, 1.165) is 0 Å². The van der Waals surface area contributed by atoms with Crippen LogP contribution in [0.1, 0.15) is 0 Å². The molecule has 15 heavy (non-hydrogen) atoms. The third-order valence-electron chi connectivity index (χ3n) is 1.48. The van der Waals surface area contributed by atoms with Gasteiger partial charge in [0, 0.05) is 12.7 Å². The molecule has 0 radical (unpaired) electrons. The smallest absolute Gasteiger partial charge is 0.370 e. The van der Waals surface area contributed by atoms with Crippen molar-refractivity contribution in [3.05, 3.63) is 24.4 Å². The Bertz CT molecular complexity index is 276. The zero-order chi connectivity index (χ0) is 11.1. The summed E-state index contributed by atoms with van der Waals surface area (Å²) in [6, 6.07) is 5.26. The average molecular weight is 220 g/mol. The van der Waals surface area contributed by atoms with Crippen LogP contribution in [0.4, 0.5) is 19.0 Å². The lowest BCUT2D eigenvalue weighted by molar-refractivity contribution is -0.172. The Balaban J connectivity index is 2.08. The minimum atomic E-state index is -4.26. The van der Waals surface area contributed by atoms with Gasteiger partial charge in [0.1, 0.15) is 12.4 Å². The number of ether oxygens (including phenoxy) is 1. The van der Waals surface area contributed by atoms with Crippen molar-refractivity contribution in [1.29, 1.82) is 0 Å². The highest BCUT2D eigenvalue weighted by Crippen LogP contribution is 2.14. The van der Waals surface area contributed by atoms with Crippen molar-refractivity contribution in [1.82, 2.24) is 4.98 Å². The second-order valence-corrected chi connectivity index (χ2v) is 2.81. The van der Waals surface area contributed by atoms with Gasteiger partial charge in [-0.3, -0.25) is 0 Å². The van der Waals surface area contributed by atoms with Crippen LogP contribution < -0.4 is 5.32 Å². The fourth-order valence-corrected chi connectivity index (χ4v) is 0.906. The van der Waals surface area contributed by atoms with E-state index in [-0.39, 0.29) is 6.61 Å². The van der Waals surface area contributed by atoms with E-state index in [1.54, 1.807) is 24.4 Å². The minimum absolute atomic E-state index is 0.00388. The number of pyridine rings is 1. The Morgan fingerprint density at radius 1 is 1.33 bits per heavy atom. The lowest BCUT2D eigenvalue weighted by Gasteiger charge is -2.08. The molecule has 0 aliphatic carbocycles. The summed E-state index contributed by atoms with van der Waals surface area (Å²) in [5.41, 5.74) is 0. The van der Waals surface area contributed by atoms with E-state index in [2.05, 4.69) is 15.0 Å². The van der Waals surface area contributed by atoms with Crippen LogP contribution in [0.2, 0.25) is 0 Å². The Labute approximate surface area is 85.3 Å². The van der Waals surface area contributed by atoms with Crippen molar-refractivity contribution in [2.24, 2.45) is 0 Å². The van der Waals surface area contributed by atoms with Crippen molar-refractivity contribution in [3.63, 3.8) is 0 Å². The highest BCUT2D eigenvalue weighted by Gasteiger charge is 2.27. The zero-order valence-corrected chi connectivity index (χ0v) is 7.92. The van der Waals surface area contributed by atoms with Crippen LogP contribution in [0, 0.1) is 0 Å². The summed E-state index contributed by atoms with van der Waals surface area (Å²) in [7, 11) is 0. The predicted molar refractivity (Wildman–Crippen MR) is 49.6 cm³/mol. The number of halogens is 3. The van der Waals surface area contributed by atoms with Crippen LogP contribution in [0.25, 0.3) is 0 Å². The summed E-state index contributed by atoms with van der Waals surface area (Å²) < 4.78 is 39.3. The van der Waals surface area contributed by atoms with E-state index in [1.807, 2.05) is 0 Å². The van der Waals surface area contributed by atoms with Crippen molar-refractivity contribution in [3.8, 4) is 0 Å². The van der Waals surface area contributed by atoms with Gasteiger partial charge in [-0.25, -0.2) is 4.98 Å². The molecule has 6 heteroatoms. The zero-order valence-electron chi connectivity index (χ0n) is 7.92. The first kappa shape index (κ1) is 11.8. The molecule has 1 heterocycles. The summed E-state index contributed by atoms with van der Waals surface area (Å²) in [5, 5.41) is 2.83. The molecule has 0 atom stereocenters. The van der Waals surface area contributed by atoms with Crippen molar-refractivity contribution in [2.75, 3.05) is 25.1 Å². The normalized spacial score (nSPS) is 11.4. The van der Waals surface area contributed by atoms with E-state index in [9.17, 15) is 13.2 Å². The minimum Gasteiger partial charge on any atom is -0.370 e. The lowest BCUT2D eigenvalue weighted by Crippen LogP contribution is -2.20. The first-order chi connectivity index (χ1) is 7.08. The van der Waals surface area contributed by atoms with Gasteiger partial charge in [-0.15, -0.1) is 0 Å². The largest absolute Gasteiger partial charge is 0.411 e. The summed E-state index contributed by atoms with van der Waals surface area (Å²) >= 11 is 0. The predicted octanol–water partition coefficient (Wildman–Crippen LogP) is 2.07. The van der Waals surface area contributed by atoms with E-state index in [1.165, 1.54) is 0 Å². The van der Waals surface area contributed by atoms with Gasteiger partial charge in [0.15, 0.2) is 0 Å². The molecule has 3 nitrogen and oxygen atoms in total. The Hall–Kier alpha value is -1.30. The molecule has 0 aromatic carbocycles. The number of hydrogen-bond donors (Lipinski definition) is 1. The highest BCUT2D eigenvalue weighted by atomic mass is 19.4. The second kappa shape index (κ2) is 5.55. The standard InChI is InChI=1S/C9H11F3N2O/c10-9(11,12)7-15-6-5-14-8-3-1-2-4-13-8/h1-4H,5-7H2,(H,13,14). The number of alkyl halides is 3. The van der Waals surface area contributed by atoms with Gasteiger partial charge < -0.3 is 10.1 Å². The molecular weight excluding hydrogens is 209 g/mol. The molecule has 0 saturated carbocycles. The number of hydrogen-bond acceptors (Lipinski definition) is 3. The average Bonchev–Trinajstić information content (AvgIpc) is 2.17. The van der Waals surface area contributed by atoms with Gasteiger partial charge in [-0.05, 0) is 12.1 Å². The van der Waals surface area contributed by atoms with E-state index >= 15 is 0 Å². The van der Waals surface area contributed by atoms with Gasteiger partial charge in [-0.2, -0.15) is 13.2 Å². The van der Waals surface area contributed by atoms with E-state index in [4.69, 9.17) is 0 Å². The lowest BCUT2D eigenvalue weighted by atomic mass is 10.4. The molecule has 1 aromatic heterocycles. The quantitative estimate of drug-likeness (QED) is 0.771.